The Morgan fingerprint density at radius 2 is 1.74 bits per heavy atom. The summed E-state index contributed by atoms with van der Waals surface area (Å²) in [4.78, 5) is 28.9. The average molecular weight is 480 g/mol. The number of carbonyl (C=O) groups excluding carboxylic acids is 2. The zero-order valence-corrected chi connectivity index (χ0v) is 20.5. The number of hydrogen-bond acceptors (Lipinski definition) is 7. The number of para-hydroxylation sites is 1. The van der Waals surface area contributed by atoms with Gasteiger partial charge in [0, 0.05) is 43.5 Å². The Morgan fingerprint density at radius 1 is 1.03 bits per heavy atom. The molecule has 10 heteroatoms. The summed E-state index contributed by atoms with van der Waals surface area (Å²) >= 11 is 1.29. The van der Waals surface area contributed by atoms with Gasteiger partial charge in [-0.1, -0.05) is 43.8 Å². The van der Waals surface area contributed by atoms with Gasteiger partial charge < -0.3 is 15.1 Å². The second-order valence-corrected chi connectivity index (χ2v) is 9.45. The Labute approximate surface area is 203 Å². The molecule has 2 amide bonds. The van der Waals surface area contributed by atoms with Crippen molar-refractivity contribution >= 4 is 35.0 Å². The van der Waals surface area contributed by atoms with Crippen LogP contribution in [0.3, 0.4) is 0 Å². The highest BCUT2D eigenvalue weighted by atomic mass is 32.2. The standard InChI is InChI=1S/C24H29N7O2S/c1-17(2)23(33)30-14-12-29(13-15-30)20-10-8-19(9-11-20)25-22(32)16-34-24-26-27-28-31(24)21-7-5-4-6-18(21)3/h4-11,17H,12-16H2,1-3H3,(H,25,32). The monoisotopic (exact) mass is 479 g/mol. The molecule has 0 spiro atoms. The quantitative estimate of drug-likeness (QED) is 0.521. The zero-order valence-electron chi connectivity index (χ0n) is 19.6. The van der Waals surface area contributed by atoms with Crippen LogP contribution in [0.2, 0.25) is 0 Å². The number of amides is 2. The number of anilines is 2. The largest absolute Gasteiger partial charge is 0.368 e. The first kappa shape index (κ1) is 23.7. The number of piperazine rings is 1. The van der Waals surface area contributed by atoms with Gasteiger partial charge in [-0.2, -0.15) is 4.68 Å². The summed E-state index contributed by atoms with van der Waals surface area (Å²) in [5, 5.41) is 15.4. The van der Waals surface area contributed by atoms with E-state index >= 15 is 0 Å². The van der Waals surface area contributed by atoms with Crippen molar-refractivity contribution in [3.8, 4) is 5.69 Å². The minimum atomic E-state index is -0.127. The summed E-state index contributed by atoms with van der Waals surface area (Å²) in [7, 11) is 0. The molecule has 0 bridgehead atoms. The molecule has 0 aliphatic carbocycles. The number of nitrogens with one attached hydrogen (secondary N) is 1. The van der Waals surface area contributed by atoms with Crippen LogP contribution in [0.15, 0.2) is 53.7 Å². The summed E-state index contributed by atoms with van der Waals surface area (Å²) in [5.41, 5.74) is 3.76. The van der Waals surface area contributed by atoms with Gasteiger partial charge in [0.2, 0.25) is 17.0 Å². The molecule has 0 radical (unpaired) electrons. The smallest absolute Gasteiger partial charge is 0.234 e. The number of hydrogen-bond donors (Lipinski definition) is 1. The van der Waals surface area contributed by atoms with Gasteiger partial charge >= 0.3 is 0 Å². The Morgan fingerprint density at radius 3 is 2.41 bits per heavy atom. The van der Waals surface area contributed by atoms with Gasteiger partial charge in [-0.15, -0.1) is 5.10 Å². The molecule has 1 aliphatic rings. The molecule has 9 nitrogen and oxygen atoms in total. The van der Waals surface area contributed by atoms with Crippen molar-refractivity contribution < 1.29 is 9.59 Å². The third-order valence-electron chi connectivity index (χ3n) is 5.72. The van der Waals surface area contributed by atoms with Crippen LogP contribution in [0.1, 0.15) is 19.4 Å². The van der Waals surface area contributed by atoms with E-state index in [9.17, 15) is 9.59 Å². The molecule has 1 N–H and O–H groups in total. The van der Waals surface area contributed by atoms with Crippen LogP contribution in [0.25, 0.3) is 5.69 Å². The lowest BCUT2D eigenvalue weighted by Crippen LogP contribution is -2.49. The summed E-state index contributed by atoms with van der Waals surface area (Å²) in [6.07, 6.45) is 0. The van der Waals surface area contributed by atoms with E-state index in [4.69, 9.17) is 0 Å². The molecule has 178 valence electrons. The fourth-order valence-corrected chi connectivity index (χ4v) is 4.54. The van der Waals surface area contributed by atoms with Crippen molar-refractivity contribution in [2.45, 2.75) is 25.9 Å². The Hall–Kier alpha value is -3.40. The van der Waals surface area contributed by atoms with E-state index in [0.29, 0.717) is 5.16 Å². The third-order valence-corrected chi connectivity index (χ3v) is 6.64. The number of aryl methyl sites for hydroxylation is 1. The van der Waals surface area contributed by atoms with Crippen LogP contribution in [0.5, 0.6) is 0 Å². The van der Waals surface area contributed by atoms with E-state index in [1.165, 1.54) is 11.8 Å². The van der Waals surface area contributed by atoms with Gasteiger partial charge in [-0.3, -0.25) is 9.59 Å². The zero-order chi connectivity index (χ0) is 24.1. The molecule has 1 saturated heterocycles. The van der Waals surface area contributed by atoms with Gasteiger partial charge in [0.05, 0.1) is 11.4 Å². The number of aromatic nitrogens is 4. The molecular formula is C24H29N7O2S. The second kappa shape index (κ2) is 10.7. The second-order valence-electron chi connectivity index (χ2n) is 8.51. The molecule has 3 aromatic rings. The average Bonchev–Trinajstić information content (AvgIpc) is 3.31. The van der Waals surface area contributed by atoms with Crippen LogP contribution in [-0.2, 0) is 9.59 Å². The fraction of sp³-hybridized carbons (Fsp3) is 0.375. The van der Waals surface area contributed by atoms with Gasteiger partial charge in [0.1, 0.15) is 0 Å². The van der Waals surface area contributed by atoms with Crippen molar-refractivity contribution in [2.75, 3.05) is 42.1 Å². The first-order chi connectivity index (χ1) is 16.4. The Kier molecular flexibility index (Phi) is 7.46. The van der Waals surface area contributed by atoms with Crippen molar-refractivity contribution in [3.63, 3.8) is 0 Å². The molecule has 1 aliphatic heterocycles. The number of rotatable bonds is 7. The maximum atomic E-state index is 12.5. The van der Waals surface area contributed by atoms with Crippen LogP contribution < -0.4 is 10.2 Å². The molecular weight excluding hydrogens is 450 g/mol. The molecule has 4 rings (SSSR count). The highest BCUT2D eigenvalue weighted by Crippen LogP contribution is 2.22. The molecule has 1 fully saturated rings. The van der Waals surface area contributed by atoms with E-state index in [0.717, 1.165) is 48.8 Å². The maximum Gasteiger partial charge on any atom is 0.234 e. The molecule has 2 heterocycles. The van der Waals surface area contributed by atoms with Crippen molar-refractivity contribution in [1.82, 2.24) is 25.1 Å². The number of tetrazole rings is 1. The molecule has 0 saturated carbocycles. The SMILES string of the molecule is Cc1ccccc1-n1nnnc1SCC(=O)Nc1ccc(N2CCN(C(=O)C(C)C)CC2)cc1. The first-order valence-corrected chi connectivity index (χ1v) is 12.3. The maximum absolute atomic E-state index is 12.5. The van der Waals surface area contributed by atoms with Gasteiger partial charge in [-0.05, 0) is 53.2 Å². The third kappa shape index (κ3) is 5.56. The van der Waals surface area contributed by atoms with E-state index in [-0.39, 0.29) is 23.5 Å². The highest BCUT2D eigenvalue weighted by molar-refractivity contribution is 7.99. The van der Waals surface area contributed by atoms with Crippen molar-refractivity contribution in [2.24, 2.45) is 5.92 Å². The predicted molar refractivity (Wildman–Crippen MR) is 133 cm³/mol. The van der Waals surface area contributed by atoms with E-state index in [1.54, 1.807) is 4.68 Å². The van der Waals surface area contributed by atoms with E-state index < -0.39 is 0 Å². The summed E-state index contributed by atoms with van der Waals surface area (Å²) < 4.78 is 1.65. The van der Waals surface area contributed by atoms with Gasteiger partial charge in [0.15, 0.2) is 0 Å². The lowest BCUT2D eigenvalue weighted by molar-refractivity contribution is -0.134. The molecule has 2 aromatic carbocycles. The molecule has 34 heavy (non-hydrogen) atoms. The Balaban J connectivity index is 1.29. The van der Waals surface area contributed by atoms with Gasteiger partial charge in [-0.25, -0.2) is 0 Å². The number of carbonyl (C=O) groups is 2. The van der Waals surface area contributed by atoms with Crippen LogP contribution in [-0.4, -0.2) is 68.9 Å². The summed E-state index contributed by atoms with van der Waals surface area (Å²) in [6, 6.07) is 15.6. The highest BCUT2D eigenvalue weighted by Gasteiger charge is 2.23. The summed E-state index contributed by atoms with van der Waals surface area (Å²) in [6.45, 7) is 8.93. The van der Waals surface area contributed by atoms with Crippen molar-refractivity contribution in [1.29, 1.82) is 0 Å². The van der Waals surface area contributed by atoms with Crippen LogP contribution in [0.4, 0.5) is 11.4 Å². The molecule has 1 aromatic heterocycles. The van der Waals surface area contributed by atoms with Crippen molar-refractivity contribution in [3.05, 3.63) is 54.1 Å². The summed E-state index contributed by atoms with van der Waals surface area (Å²) in [5.74, 6) is 0.309. The van der Waals surface area contributed by atoms with E-state index in [1.807, 2.05) is 74.2 Å². The number of thioether (sulfide) groups is 1. The predicted octanol–water partition coefficient (Wildman–Crippen LogP) is 3.01. The lowest BCUT2D eigenvalue weighted by Gasteiger charge is -2.37. The molecule has 0 atom stereocenters. The molecule has 0 unspecified atom stereocenters. The van der Waals surface area contributed by atoms with Crippen LogP contribution >= 0.6 is 11.8 Å². The van der Waals surface area contributed by atoms with E-state index in [2.05, 4.69) is 25.7 Å². The minimum Gasteiger partial charge on any atom is -0.368 e. The first-order valence-electron chi connectivity index (χ1n) is 11.3. The van der Waals surface area contributed by atoms with Crippen LogP contribution in [0, 0.1) is 12.8 Å². The fourth-order valence-electron chi connectivity index (χ4n) is 3.85. The normalized spacial score (nSPS) is 13.9. The van der Waals surface area contributed by atoms with Gasteiger partial charge in [0.25, 0.3) is 0 Å². The topological polar surface area (TPSA) is 96.2 Å². The lowest BCUT2D eigenvalue weighted by atomic mass is 10.1. The Bertz CT molecular complexity index is 1140. The minimum absolute atomic E-state index is 0.0302. The number of nitrogens with zero attached hydrogens (tertiary/aromatic N) is 6. The number of benzene rings is 2.